The maximum atomic E-state index is 3.38. The van der Waals surface area contributed by atoms with E-state index in [0.717, 1.165) is 6.54 Å². The Kier molecular flexibility index (Phi) is 2.65. The van der Waals surface area contributed by atoms with Crippen molar-refractivity contribution in [1.29, 1.82) is 0 Å². The lowest BCUT2D eigenvalue weighted by Crippen LogP contribution is -2.34. The Labute approximate surface area is 75.6 Å². The van der Waals surface area contributed by atoms with Gasteiger partial charge in [0.25, 0.3) is 0 Å². The van der Waals surface area contributed by atoms with Gasteiger partial charge in [0.1, 0.15) is 0 Å². The van der Waals surface area contributed by atoms with Gasteiger partial charge in [0.2, 0.25) is 0 Å². The number of rotatable bonds is 1. The Morgan fingerprint density at radius 3 is 2.50 bits per heavy atom. The van der Waals surface area contributed by atoms with Gasteiger partial charge in [-0.05, 0) is 33.6 Å². The highest BCUT2D eigenvalue weighted by atomic mass is 15.1. The van der Waals surface area contributed by atoms with E-state index >= 15 is 0 Å². The molecule has 2 nitrogen and oxygen atoms in total. The molecular formula is C10H20N2. The van der Waals surface area contributed by atoms with Gasteiger partial charge < -0.3 is 10.2 Å². The van der Waals surface area contributed by atoms with Crippen LogP contribution in [0.15, 0.2) is 11.9 Å². The molecule has 0 aromatic heterocycles. The summed E-state index contributed by atoms with van der Waals surface area (Å²) in [4.78, 5) is 2.26. The molecule has 1 fully saturated rings. The van der Waals surface area contributed by atoms with Gasteiger partial charge in [-0.3, -0.25) is 0 Å². The van der Waals surface area contributed by atoms with Crippen LogP contribution in [0.5, 0.6) is 0 Å². The van der Waals surface area contributed by atoms with E-state index in [1.165, 1.54) is 18.5 Å². The lowest BCUT2D eigenvalue weighted by atomic mass is 10.1. The van der Waals surface area contributed by atoms with Crippen molar-refractivity contribution < 1.29 is 0 Å². The summed E-state index contributed by atoms with van der Waals surface area (Å²) < 4.78 is 0. The number of nitrogens with one attached hydrogen (secondary N) is 1. The maximum absolute atomic E-state index is 3.38. The monoisotopic (exact) mass is 168 g/mol. The Hall–Kier alpha value is -0.660. The smallest absolute Gasteiger partial charge is 0.0309 e. The van der Waals surface area contributed by atoms with Crippen molar-refractivity contribution in [1.82, 2.24) is 10.2 Å². The maximum Gasteiger partial charge on any atom is 0.0309 e. The van der Waals surface area contributed by atoms with Gasteiger partial charge in [0.05, 0.1) is 0 Å². The fourth-order valence-electron chi connectivity index (χ4n) is 1.15. The molecular weight excluding hydrogens is 148 g/mol. The molecule has 0 radical (unpaired) electrons. The van der Waals surface area contributed by atoms with Crippen LogP contribution in [0.25, 0.3) is 0 Å². The van der Waals surface area contributed by atoms with E-state index < -0.39 is 0 Å². The topological polar surface area (TPSA) is 15.3 Å². The average Bonchev–Trinajstić information content (AvgIpc) is 2.37. The Bertz CT molecular complexity index is 169. The van der Waals surface area contributed by atoms with Crippen LogP contribution in [-0.4, -0.2) is 24.0 Å². The van der Waals surface area contributed by atoms with Crippen LogP contribution in [0.1, 0.15) is 33.6 Å². The van der Waals surface area contributed by atoms with E-state index in [-0.39, 0.29) is 5.54 Å². The molecule has 0 unspecified atom stereocenters. The summed E-state index contributed by atoms with van der Waals surface area (Å²) in [7, 11) is 2.13. The second kappa shape index (κ2) is 3.38. The van der Waals surface area contributed by atoms with Crippen LogP contribution >= 0.6 is 0 Å². The van der Waals surface area contributed by atoms with Gasteiger partial charge in [-0.25, -0.2) is 0 Å². The fourth-order valence-corrected chi connectivity index (χ4v) is 1.15. The van der Waals surface area contributed by atoms with Crippen molar-refractivity contribution in [3.8, 4) is 0 Å². The molecule has 0 saturated carbocycles. The molecule has 1 saturated heterocycles. The van der Waals surface area contributed by atoms with Crippen LogP contribution in [0, 0.1) is 0 Å². The molecule has 1 aliphatic heterocycles. The largest absolute Gasteiger partial charge is 0.387 e. The SMILES string of the molecule is CN(/C=C1/CCCN1)C(C)(C)C. The Morgan fingerprint density at radius 2 is 2.08 bits per heavy atom. The molecule has 1 heterocycles. The molecule has 0 aromatic carbocycles. The number of allylic oxidation sites excluding steroid dienone is 1. The molecule has 12 heavy (non-hydrogen) atoms. The van der Waals surface area contributed by atoms with Crippen molar-refractivity contribution >= 4 is 0 Å². The third-order valence-corrected chi connectivity index (χ3v) is 2.38. The van der Waals surface area contributed by atoms with Gasteiger partial charge in [-0.15, -0.1) is 0 Å². The zero-order valence-electron chi connectivity index (χ0n) is 8.65. The molecule has 1 rings (SSSR count). The molecule has 1 aliphatic rings. The molecule has 0 spiro atoms. The highest BCUT2D eigenvalue weighted by Gasteiger charge is 2.15. The molecule has 1 N–H and O–H groups in total. The van der Waals surface area contributed by atoms with Gasteiger partial charge >= 0.3 is 0 Å². The zero-order chi connectivity index (χ0) is 9.19. The van der Waals surface area contributed by atoms with Crippen molar-refractivity contribution in [3.63, 3.8) is 0 Å². The molecule has 2 heteroatoms. The summed E-state index contributed by atoms with van der Waals surface area (Å²) in [6, 6.07) is 0. The summed E-state index contributed by atoms with van der Waals surface area (Å²) in [6.07, 6.45) is 4.72. The van der Waals surface area contributed by atoms with Crippen molar-refractivity contribution in [2.75, 3.05) is 13.6 Å². The molecule has 0 aliphatic carbocycles. The lowest BCUT2D eigenvalue weighted by molar-refractivity contribution is 0.247. The molecule has 0 atom stereocenters. The quantitative estimate of drug-likeness (QED) is 0.643. The van der Waals surface area contributed by atoms with Crippen LogP contribution in [0.4, 0.5) is 0 Å². The summed E-state index contributed by atoms with van der Waals surface area (Å²) in [5, 5.41) is 3.38. The van der Waals surface area contributed by atoms with E-state index in [1.54, 1.807) is 0 Å². The minimum atomic E-state index is 0.233. The zero-order valence-corrected chi connectivity index (χ0v) is 8.65. The van der Waals surface area contributed by atoms with Crippen LogP contribution in [0.2, 0.25) is 0 Å². The fraction of sp³-hybridized carbons (Fsp3) is 0.800. The number of hydrogen-bond donors (Lipinski definition) is 1. The van der Waals surface area contributed by atoms with Crippen molar-refractivity contribution in [2.45, 2.75) is 39.2 Å². The normalized spacial score (nSPS) is 21.2. The molecule has 0 amide bonds. The van der Waals surface area contributed by atoms with Crippen LogP contribution in [-0.2, 0) is 0 Å². The first-order chi connectivity index (χ1) is 5.50. The summed E-state index contributed by atoms with van der Waals surface area (Å²) >= 11 is 0. The Balaban J connectivity index is 2.54. The number of hydrogen-bond acceptors (Lipinski definition) is 2. The predicted octanol–water partition coefficient (Wildman–Crippen LogP) is 1.94. The second-order valence-corrected chi connectivity index (χ2v) is 4.47. The summed E-state index contributed by atoms with van der Waals surface area (Å²) in [5.41, 5.74) is 1.62. The molecule has 0 aromatic rings. The van der Waals surface area contributed by atoms with Gasteiger partial charge in [-0.1, -0.05) is 0 Å². The first-order valence-corrected chi connectivity index (χ1v) is 4.67. The third kappa shape index (κ3) is 2.43. The van der Waals surface area contributed by atoms with E-state index in [9.17, 15) is 0 Å². The summed E-state index contributed by atoms with van der Waals surface area (Å²) in [6.45, 7) is 7.81. The first kappa shape index (κ1) is 9.43. The first-order valence-electron chi connectivity index (χ1n) is 4.67. The van der Waals surface area contributed by atoms with Gasteiger partial charge in [-0.2, -0.15) is 0 Å². The summed E-state index contributed by atoms with van der Waals surface area (Å²) in [5.74, 6) is 0. The van der Waals surface area contributed by atoms with E-state index in [2.05, 4.69) is 44.2 Å². The van der Waals surface area contributed by atoms with Gasteiger partial charge in [0, 0.05) is 31.0 Å². The van der Waals surface area contributed by atoms with Crippen molar-refractivity contribution in [2.24, 2.45) is 0 Å². The van der Waals surface area contributed by atoms with Crippen molar-refractivity contribution in [3.05, 3.63) is 11.9 Å². The number of nitrogens with zero attached hydrogens (tertiary/aromatic N) is 1. The lowest BCUT2D eigenvalue weighted by Gasteiger charge is -2.31. The minimum Gasteiger partial charge on any atom is -0.387 e. The predicted molar refractivity (Wildman–Crippen MR) is 52.8 cm³/mol. The Morgan fingerprint density at radius 1 is 1.42 bits per heavy atom. The highest BCUT2D eigenvalue weighted by Crippen LogP contribution is 2.15. The van der Waals surface area contributed by atoms with Gasteiger partial charge in [0.15, 0.2) is 0 Å². The molecule has 70 valence electrons. The molecule has 0 bridgehead atoms. The van der Waals surface area contributed by atoms with E-state index in [4.69, 9.17) is 0 Å². The third-order valence-electron chi connectivity index (χ3n) is 2.38. The van der Waals surface area contributed by atoms with E-state index in [1.807, 2.05) is 0 Å². The van der Waals surface area contributed by atoms with Crippen LogP contribution in [0.3, 0.4) is 0 Å². The highest BCUT2D eigenvalue weighted by molar-refractivity contribution is 5.04. The standard InChI is InChI=1S/C10H20N2/c1-10(2,3)12(4)8-9-6-5-7-11-9/h8,11H,5-7H2,1-4H3/b9-8-. The second-order valence-electron chi connectivity index (χ2n) is 4.47. The van der Waals surface area contributed by atoms with Crippen LogP contribution < -0.4 is 5.32 Å². The minimum absolute atomic E-state index is 0.233. The average molecular weight is 168 g/mol. The van der Waals surface area contributed by atoms with E-state index in [0.29, 0.717) is 0 Å².